The van der Waals surface area contributed by atoms with Gasteiger partial charge in [-0.25, -0.2) is 0 Å². The molecule has 0 amide bonds. The predicted molar refractivity (Wildman–Crippen MR) is 66.2 cm³/mol. The van der Waals surface area contributed by atoms with Gasteiger partial charge in [0.1, 0.15) is 5.75 Å². The Kier molecular flexibility index (Phi) is 4.94. The Balaban J connectivity index is 2.74. The Hall–Kier alpha value is -2.28. The molecule has 0 saturated heterocycles. The molecule has 1 rings (SSSR count). The van der Waals surface area contributed by atoms with Crippen molar-refractivity contribution >= 4 is 11.8 Å². The summed E-state index contributed by atoms with van der Waals surface area (Å²) in [7, 11) is 0. The molecule has 0 aliphatic carbocycles. The predicted octanol–water partition coefficient (Wildman–Crippen LogP) is 1.90. The van der Waals surface area contributed by atoms with Crippen LogP contribution >= 0.6 is 0 Å². The maximum absolute atomic E-state index is 11.8. The van der Waals surface area contributed by atoms with Crippen LogP contribution in [0.2, 0.25) is 0 Å². The zero-order chi connectivity index (χ0) is 13.5. The van der Waals surface area contributed by atoms with E-state index >= 15 is 0 Å². The second-order valence-electron chi connectivity index (χ2n) is 3.57. The molecular formula is C14H14O4. The van der Waals surface area contributed by atoms with Gasteiger partial charge in [0.25, 0.3) is 0 Å². The third kappa shape index (κ3) is 3.36. The SMILES string of the molecule is C#Cc1cccc(C(=O)CCC(=O)OCC)c1O. The highest BCUT2D eigenvalue weighted by Crippen LogP contribution is 2.23. The van der Waals surface area contributed by atoms with E-state index in [1.54, 1.807) is 13.0 Å². The molecule has 4 nitrogen and oxygen atoms in total. The molecule has 0 saturated carbocycles. The average Bonchev–Trinajstić information content (AvgIpc) is 2.36. The van der Waals surface area contributed by atoms with Gasteiger partial charge in [-0.15, -0.1) is 6.42 Å². The Labute approximate surface area is 106 Å². The molecule has 0 unspecified atom stereocenters. The number of para-hydroxylation sites is 1. The van der Waals surface area contributed by atoms with Crippen LogP contribution in [-0.2, 0) is 9.53 Å². The number of carbonyl (C=O) groups is 2. The van der Waals surface area contributed by atoms with Crippen molar-refractivity contribution in [2.24, 2.45) is 0 Å². The van der Waals surface area contributed by atoms with E-state index < -0.39 is 5.97 Å². The number of carbonyl (C=O) groups excluding carboxylic acids is 2. The average molecular weight is 246 g/mol. The molecule has 18 heavy (non-hydrogen) atoms. The summed E-state index contributed by atoms with van der Waals surface area (Å²) in [6.45, 7) is 1.98. The highest BCUT2D eigenvalue weighted by Gasteiger charge is 2.15. The van der Waals surface area contributed by atoms with Gasteiger partial charge in [-0.3, -0.25) is 9.59 Å². The van der Waals surface area contributed by atoms with Crippen molar-refractivity contribution in [1.82, 2.24) is 0 Å². The first kappa shape index (κ1) is 13.8. The van der Waals surface area contributed by atoms with Crippen LogP contribution in [0.4, 0.5) is 0 Å². The molecule has 0 fully saturated rings. The first-order valence-corrected chi connectivity index (χ1v) is 5.57. The lowest BCUT2D eigenvalue weighted by atomic mass is 10.0. The maximum atomic E-state index is 11.8. The summed E-state index contributed by atoms with van der Waals surface area (Å²) in [5.74, 6) is 1.30. The van der Waals surface area contributed by atoms with Crippen LogP contribution in [0.1, 0.15) is 35.7 Å². The quantitative estimate of drug-likeness (QED) is 0.489. The molecule has 1 N–H and O–H groups in total. The van der Waals surface area contributed by atoms with Crippen LogP contribution in [0, 0.1) is 12.3 Å². The van der Waals surface area contributed by atoms with Crippen LogP contribution in [0.25, 0.3) is 0 Å². The highest BCUT2D eigenvalue weighted by atomic mass is 16.5. The summed E-state index contributed by atoms with van der Waals surface area (Å²) in [6, 6.07) is 4.60. The van der Waals surface area contributed by atoms with Gasteiger partial charge in [-0.2, -0.15) is 0 Å². The number of Topliss-reactive ketones (excluding diaryl/α,β-unsaturated/α-hetero) is 1. The standard InChI is InChI=1S/C14H14O4/c1-3-10-6-5-7-11(14(10)17)12(15)8-9-13(16)18-4-2/h1,5-7,17H,4,8-9H2,2H3. The Morgan fingerprint density at radius 3 is 2.72 bits per heavy atom. The van der Waals surface area contributed by atoms with Crippen molar-refractivity contribution < 1.29 is 19.4 Å². The Bertz CT molecular complexity index is 497. The normalized spacial score (nSPS) is 9.56. The Morgan fingerprint density at radius 2 is 2.11 bits per heavy atom. The van der Waals surface area contributed by atoms with E-state index in [4.69, 9.17) is 11.2 Å². The fraction of sp³-hybridized carbons (Fsp3) is 0.286. The number of ketones is 1. The van der Waals surface area contributed by atoms with Gasteiger partial charge < -0.3 is 9.84 Å². The second-order valence-corrected chi connectivity index (χ2v) is 3.57. The fourth-order valence-corrected chi connectivity index (χ4v) is 1.47. The number of hydrogen-bond donors (Lipinski definition) is 1. The first-order chi connectivity index (χ1) is 8.60. The van der Waals surface area contributed by atoms with Gasteiger partial charge in [0, 0.05) is 6.42 Å². The molecule has 0 spiro atoms. The lowest BCUT2D eigenvalue weighted by Gasteiger charge is -2.05. The molecule has 1 aromatic rings. The minimum atomic E-state index is -0.432. The fourth-order valence-electron chi connectivity index (χ4n) is 1.47. The molecular weight excluding hydrogens is 232 g/mol. The molecule has 0 atom stereocenters. The largest absolute Gasteiger partial charge is 0.506 e. The van der Waals surface area contributed by atoms with Gasteiger partial charge in [-0.1, -0.05) is 12.0 Å². The number of phenolic OH excluding ortho intramolecular Hbond substituents is 1. The van der Waals surface area contributed by atoms with E-state index in [-0.39, 0.29) is 42.1 Å². The van der Waals surface area contributed by atoms with Crippen molar-refractivity contribution in [2.45, 2.75) is 19.8 Å². The molecule has 0 aliphatic rings. The highest BCUT2D eigenvalue weighted by molar-refractivity contribution is 6.00. The monoisotopic (exact) mass is 246 g/mol. The molecule has 0 aromatic heterocycles. The minimum absolute atomic E-state index is 0.00755. The third-order valence-corrected chi connectivity index (χ3v) is 2.35. The maximum Gasteiger partial charge on any atom is 0.306 e. The molecule has 0 radical (unpaired) electrons. The topological polar surface area (TPSA) is 63.6 Å². The molecule has 0 heterocycles. The molecule has 1 aromatic carbocycles. The van der Waals surface area contributed by atoms with Crippen LogP contribution in [-0.4, -0.2) is 23.5 Å². The van der Waals surface area contributed by atoms with E-state index in [0.717, 1.165) is 0 Å². The molecule has 94 valence electrons. The number of terminal acetylenes is 1. The summed E-state index contributed by atoms with van der Waals surface area (Å²) in [5, 5.41) is 9.75. The summed E-state index contributed by atoms with van der Waals surface area (Å²) < 4.78 is 4.72. The summed E-state index contributed by atoms with van der Waals surface area (Å²) in [5.41, 5.74) is 0.395. The number of rotatable bonds is 5. The summed E-state index contributed by atoms with van der Waals surface area (Å²) >= 11 is 0. The van der Waals surface area contributed by atoms with Crippen molar-refractivity contribution in [3.05, 3.63) is 29.3 Å². The minimum Gasteiger partial charge on any atom is -0.506 e. The van der Waals surface area contributed by atoms with Gasteiger partial charge >= 0.3 is 5.97 Å². The van der Waals surface area contributed by atoms with Crippen LogP contribution in [0.5, 0.6) is 5.75 Å². The second kappa shape index (κ2) is 6.45. The summed E-state index contributed by atoms with van der Waals surface area (Å²) in [6.07, 6.45) is 5.16. The van der Waals surface area contributed by atoms with Crippen molar-refractivity contribution in [3.8, 4) is 18.1 Å². The van der Waals surface area contributed by atoms with Crippen molar-refractivity contribution in [3.63, 3.8) is 0 Å². The number of phenols is 1. The smallest absolute Gasteiger partial charge is 0.306 e. The lowest BCUT2D eigenvalue weighted by molar-refractivity contribution is -0.143. The van der Waals surface area contributed by atoms with Crippen molar-refractivity contribution in [2.75, 3.05) is 6.61 Å². The van der Waals surface area contributed by atoms with Gasteiger partial charge in [0.15, 0.2) is 5.78 Å². The van der Waals surface area contributed by atoms with E-state index in [2.05, 4.69) is 5.92 Å². The Morgan fingerprint density at radius 1 is 1.39 bits per heavy atom. The number of ether oxygens (including phenoxy) is 1. The molecule has 0 bridgehead atoms. The lowest BCUT2D eigenvalue weighted by Crippen LogP contribution is -2.08. The van der Waals surface area contributed by atoms with Crippen LogP contribution in [0.3, 0.4) is 0 Å². The van der Waals surface area contributed by atoms with Gasteiger partial charge in [0.05, 0.1) is 24.2 Å². The van der Waals surface area contributed by atoms with E-state index in [9.17, 15) is 14.7 Å². The molecule has 4 heteroatoms. The van der Waals surface area contributed by atoms with Gasteiger partial charge in [0.2, 0.25) is 0 Å². The zero-order valence-corrected chi connectivity index (χ0v) is 10.1. The van der Waals surface area contributed by atoms with Gasteiger partial charge in [-0.05, 0) is 19.1 Å². The van der Waals surface area contributed by atoms with E-state index in [1.807, 2.05) is 0 Å². The third-order valence-electron chi connectivity index (χ3n) is 2.35. The van der Waals surface area contributed by atoms with Crippen LogP contribution < -0.4 is 0 Å². The molecule has 0 aliphatic heterocycles. The van der Waals surface area contributed by atoms with E-state index in [0.29, 0.717) is 0 Å². The van der Waals surface area contributed by atoms with E-state index in [1.165, 1.54) is 12.1 Å². The number of benzene rings is 1. The number of aromatic hydroxyl groups is 1. The first-order valence-electron chi connectivity index (χ1n) is 5.57. The zero-order valence-electron chi connectivity index (χ0n) is 10.1. The van der Waals surface area contributed by atoms with Crippen molar-refractivity contribution in [1.29, 1.82) is 0 Å². The number of esters is 1. The van der Waals surface area contributed by atoms with Crippen LogP contribution in [0.15, 0.2) is 18.2 Å². The number of hydrogen-bond acceptors (Lipinski definition) is 4. The summed E-state index contributed by atoms with van der Waals surface area (Å²) in [4.78, 5) is 22.9.